The van der Waals surface area contributed by atoms with Gasteiger partial charge in [-0.15, -0.1) is 11.3 Å². The molecule has 130 valence electrons. The molecule has 1 aromatic heterocycles. The lowest BCUT2D eigenvalue weighted by Crippen LogP contribution is -2.05. The molecule has 0 saturated heterocycles. The molecule has 2 aromatic carbocycles. The zero-order valence-corrected chi connectivity index (χ0v) is 16.1. The van der Waals surface area contributed by atoms with Gasteiger partial charge in [-0.05, 0) is 36.8 Å². The molecule has 3 aromatic rings. The summed E-state index contributed by atoms with van der Waals surface area (Å²) in [5.74, 6) is 0. The van der Waals surface area contributed by atoms with Crippen molar-refractivity contribution in [3.63, 3.8) is 0 Å². The molecule has 0 unspecified atom stereocenters. The Morgan fingerprint density at radius 1 is 0.840 bits per heavy atom. The molecule has 0 bridgehead atoms. The number of benzene rings is 2. The highest BCUT2D eigenvalue weighted by molar-refractivity contribution is 7.93. The van der Waals surface area contributed by atoms with Gasteiger partial charge in [0.2, 0.25) is 9.84 Å². The quantitative estimate of drug-likeness (QED) is 0.674. The summed E-state index contributed by atoms with van der Waals surface area (Å²) in [6.45, 7) is 1.82. The van der Waals surface area contributed by atoms with Crippen LogP contribution in [0.1, 0.15) is 4.88 Å². The SMILES string of the molecule is Cc1ccc(S(=O)(=O)c2ccc(-c3ccccc3)c(S(C)(=O)=O)c2)s1. The molecule has 1 heterocycles. The number of sulfone groups is 2. The van der Waals surface area contributed by atoms with Crippen molar-refractivity contribution in [3.8, 4) is 11.1 Å². The first-order chi connectivity index (χ1) is 11.7. The fourth-order valence-electron chi connectivity index (χ4n) is 2.51. The van der Waals surface area contributed by atoms with Gasteiger partial charge in [-0.1, -0.05) is 36.4 Å². The summed E-state index contributed by atoms with van der Waals surface area (Å²) in [5.41, 5.74) is 1.21. The lowest BCUT2D eigenvalue weighted by molar-refractivity contribution is 0.597. The minimum Gasteiger partial charge on any atom is -0.224 e. The lowest BCUT2D eigenvalue weighted by atomic mass is 10.1. The number of aryl methyl sites for hydroxylation is 1. The molecule has 0 fully saturated rings. The number of hydrogen-bond acceptors (Lipinski definition) is 5. The summed E-state index contributed by atoms with van der Waals surface area (Å²) in [6, 6.07) is 16.6. The van der Waals surface area contributed by atoms with Gasteiger partial charge in [-0.3, -0.25) is 0 Å². The van der Waals surface area contributed by atoms with E-state index in [2.05, 4.69) is 0 Å². The Hall–Kier alpha value is -1.96. The molecular weight excluding hydrogens is 376 g/mol. The van der Waals surface area contributed by atoms with Gasteiger partial charge in [0.05, 0.1) is 9.79 Å². The van der Waals surface area contributed by atoms with Gasteiger partial charge in [0.15, 0.2) is 9.84 Å². The highest BCUT2D eigenvalue weighted by atomic mass is 32.2. The molecular formula is C18H16O4S3. The Bertz CT molecular complexity index is 1130. The topological polar surface area (TPSA) is 68.3 Å². The standard InChI is InChI=1S/C18H16O4S3/c1-13-8-11-18(23-13)25(21,22)15-9-10-16(14-6-4-3-5-7-14)17(12-15)24(2,19)20/h3-12H,1-2H3. The maximum absolute atomic E-state index is 12.8. The van der Waals surface area contributed by atoms with Crippen LogP contribution in [0, 0.1) is 6.92 Å². The molecule has 7 heteroatoms. The van der Waals surface area contributed by atoms with Crippen LogP contribution in [-0.4, -0.2) is 23.1 Å². The molecule has 0 aliphatic carbocycles. The largest absolute Gasteiger partial charge is 0.224 e. The van der Waals surface area contributed by atoms with Crippen molar-refractivity contribution in [3.05, 3.63) is 65.5 Å². The van der Waals surface area contributed by atoms with Crippen LogP contribution in [0.3, 0.4) is 0 Å². The number of thiophene rings is 1. The van der Waals surface area contributed by atoms with Gasteiger partial charge in [-0.25, -0.2) is 16.8 Å². The van der Waals surface area contributed by atoms with Crippen molar-refractivity contribution in [2.75, 3.05) is 6.26 Å². The third kappa shape index (κ3) is 3.53. The molecule has 0 atom stereocenters. The van der Waals surface area contributed by atoms with Crippen molar-refractivity contribution in [2.24, 2.45) is 0 Å². The van der Waals surface area contributed by atoms with Crippen LogP contribution in [0.4, 0.5) is 0 Å². The van der Waals surface area contributed by atoms with E-state index in [4.69, 9.17) is 0 Å². The molecule has 0 aliphatic heterocycles. The molecule has 0 spiro atoms. The van der Waals surface area contributed by atoms with Crippen molar-refractivity contribution in [2.45, 2.75) is 20.9 Å². The normalized spacial score (nSPS) is 12.2. The highest BCUT2D eigenvalue weighted by Crippen LogP contribution is 2.33. The fraction of sp³-hybridized carbons (Fsp3) is 0.111. The summed E-state index contributed by atoms with van der Waals surface area (Å²) >= 11 is 1.17. The van der Waals surface area contributed by atoms with Gasteiger partial charge >= 0.3 is 0 Å². The fourth-order valence-corrected chi connectivity index (χ4v) is 6.22. The van der Waals surface area contributed by atoms with Crippen LogP contribution in [0.2, 0.25) is 0 Å². The number of hydrogen-bond donors (Lipinski definition) is 0. The summed E-state index contributed by atoms with van der Waals surface area (Å²) in [4.78, 5) is 0.866. The summed E-state index contributed by atoms with van der Waals surface area (Å²) in [6.07, 6.45) is 1.08. The van der Waals surface area contributed by atoms with Gasteiger partial charge in [0.25, 0.3) is 0 Å². The van der Waals surface area contributed by atoms with E-state index in [0.29, 0.717) is 5.56 Å². The van der Waals surface area contributed by atoms with E-state index in [1.54, 1.807) is 42.5 Å². The maximum Gasteiger partial charge on any atom is 0.216 e. The Kier molecular flexibility index (Phi) is 4.57. The predicted molar refractivity (Wildman–Crippen MR) is 99.5 cm³/mol. The third-order valence-corrected chi connectivity index (χ3v) is 8.11. The van der Waals surface area contributed by atoms with Crippen molar-refractivity contribution in [1.29, 1.82) is 0 Å². The van der Waals surface area contributed by atoms with E-state index in [1.807, 2.05) is 13.0 Å². The van der Waals surface area contributed by atoms with E-state index < -0.39 is 19.7 Å². The summed E-state index contributed by atoms with van der Waals surface area (Å²) in [7, 11) is -7.35. The highest BCUT2D eigenvalue weighted by Gasteiger charge is 2.23. The second-order valence-electron chi connectivity index (χ2n) is 5.66. The molecule has 0 aliphatic rings. The third-order valence-electron chi connectivity index (χ3n) is 3.73. The second kappa shape index (κ2) is 6.40. The van der Waals surface area contributed by atoms with Crippen LogP contribution in [0.25, 0.3) is 11.1 Å². The van der Waals surface area contributed by atoms with Crippen molar-refractivity contribution < 1.29 is 16.8 Å². The van der Waals surface area contributed by atoms with Gasteiger partial charge in [-0.2, -0.15) is 0 Å². The van der Waals surface area contributed by atoms with E-state index in [-0.39, 0.29) is 14.0 Å². The van der Waals surface area contributed by atoms with Crippen LogP contribution in [0.15, 0.2) is 74.7 Å². The minimum atomic E-state index is -3.75. The second-order valence-corrected chi connectivity index (χ2v) is 11.1. The number of rotatable bonds is 4. The van der Waals surface area contributed by atoms with Gasteiger partial charge < -0.3 is 0 Å². The first-order valence-electron chi connectivity index (χ1n) is 7.40. The van der Waals surface area contributed by atoms with Crippen LogP contribution < -0.4 is 0 Å². The average Bonchev–Trinajstić information content (AvgIpc) is 3.01. The van der Waals surface area contributed by atoms with Gasteiger partial charge in [0, 0.05) is 16.7 Å². The van der Waals surface area contributed by atoms with Crippen LogP contribution >= 0.6 is 11.3 Å². The minimum absolute atomic E-state index is 0.00746. The monoisotopic (exact) mass is 392 g/mol. The molecule has 25 heavy (non-hydrogen) atoms. The van der Waals surface area contributed by atoms with E-state index in [9.17, 15) is 16.8 Å². The first-order valence-corrected chi connectivity index (χ1v) is 11.6. The Labute approximate surface area is 151 Å². The zero-order valence-electron chi connectivity index (χ0n) is 13.6. The molecule has 0 amide bonds. The van der Waals surface area contributed by atoms with Crippen LogP contribution in [0.5, 0.6) is 0 Å². The maximum atomic E-state index is 12.8. The van der Waals surface area contributed by atoms with E-state index >= 15 is 0 Å². The molecule has 3 rings (SSSR count). The predicted octanol–water partition coefficient (Wildman–Crippen LogP) is 3.96. The summed E-state index contributed by atoms with van der Waals surface area (Å²) in [5, 5.41) is 0. The smallest absolute Gasteiger partial charge is 0.216 e. The Morgan fingerprint density at radius 3 is 2.08 bits per heavy atom. The van der Waals surface area contributed by atoms with Crippen molar-refractivity contribution in [1.82, 2.24) is 0 Å². The Morgan fingerprint density at radius 2 is 1.52 bits per heavy atom. The lowest BCUT2D eigenvalue weighted by Gasteiger charge is -2.11. The first kappa shape index (κ1) is 17.8. The van der Waals surface area contributed by atoms with E-state index in [0.717, 1.165) is 16.7 Å². The zero-order chi connectivity index (χ0) is 18.2. The molecule has 0 N–H and O–H groups in total. The Balaban J connectivity index is 2.23. The van der Waals surface area contributed by atoms with Crippen LogP contribution in [-0.2, 0) is 19.7 Å². The molecule has 0 radical (unpaired) electrons. The van der Waals surface area contributed by atoms with Crippen molar-refractivity contribution >= 4 is 31.0 Å². The average molecular weight is 393 g/mol. The molecule has 4 nitrogen and oxygen atoms in total. The summed E-state index contributed by atoms with van der Waals surface area (Å²) < 4.78 is 50.3. The van der Waals surface area contributed by atoms with E-state index in [1.165, 1.54) is 23.5 Å². The van der Waals surface area contributed by atoms with Gasteiger partial charge in [0.1, 0.15) is 4.21 Å². The molecule has 0 saturated carbocycles.